The highest BCUT2D eigenvalue weighted by atomic mass is 16.6. The molecule has 0 bridgehead atoms. The molecule has 0 amide bonds. The van der Waals surface area contributed by atoms with Crippen LogP contribution in [0.4, 0.5) is 0 Å². The van der Waals surface area contributed by atoms with E-state index in [1.807, 2.05) is 0 Å². The van der Waals surface area contributed by atoms with Gasteiger partial charge >= 0.3 is 17.9 Å². The molecule has 0 aromatic carbocycles. The molecule has 6 heteroatoms. The molecule has 0 N–H and O–H groups in total. The lowest BCUT2D eigenvalue weighted by Crippen LogP contribution is -2.30. The lowest BCUT2D eigenvalue weighted by Gasteiger charge is -2.18. The summed E-state index contributed by atoms with van der Waals surface area (Å²) in [6.07, 6.45) is 61.2. The number of ether oxygens (including phenoxy) is 3. The first-order valence-electron chi connectivity index (χ1n) is 27.5. The summed E-state index contributed by atoms with van der Waals surface area (Å²) in [5, 5.41) is 0. The molecule has 0 fully saturated rings. The number of hydrogen-bond acceptors (Lipinski definition) is 6. The summed E-state index contributed by atoms with van der Waals surface area (Å²) in [4.78, 5) is 38.0. The molecule has 1 atom stereocenters. The van der Waals surface area contributed by atoms with Crippen LogP contribution in [0.2, 0.25) is 0 Å². The average molecular weight is 885 g/mol. The molecule has 0 aliphatic rings. The van der Waals surface area contributed by atoms with Crippen LogP contribution in [0.1, 0.15) is 290 Å². The number of unbranched alkanes of at least 4 members (excludes halogenated alkanes) is 33. The maximum atomic E-state index is 12.8. The van der Waals surface area contributed by atoms with E-state index in [1.54, 1.807) is 0 Å². The summed E-state index contributed by atoms with van der Waals surface area (Å²) in [7, 11) is 0. The van der Waals surface area contributed by atoms with E-state index in [0.29, 0.717) is 19.3 Å². The normalized spacial score (nSPS) is 12.2. The second-order valence-electron chi connectivity index (χ2n) is 18.5. The zero-order chi connectivity index (χ0) is 45.8. The fourth-order valence-electron chi connectivity index (χ4n) is 7.94. The zero-order valence-electron chi connectivity index (χ0n) is 42.1. The van der Waals surface area contributed by atoms with Gasteiger partial charge in [-0.2, -0.15) is 0 Å². The lowest BCUT2D eigenvalue weighted by molar-refractivity contribution is -0.167. The summed E-state index contributed by atoms with van der Waals surface area (Å²) < 4.78 is 16.8. The van der Waals surface area contributed by atoms with E-state index < -0.39 is 6.10 Å². The standard InChI is InChI=1S/C57H104O6/c1-4-7-10-13-16-19-22-25-28-31-34-37-40-43-46-49-55(58)61-52-54(63-57(60)51-48-45-42-39-36-33-30-27-24-21-18-15-12-9-6-3)53-62-56(59)50-47-44-41-38-35-32-29-26-23-20-17-14-11-8-5-2/h16,19,25,27-28,30,54H,4-15,17-18,20-24,26,29,31-53H2,1-3H3/b19-16-,28-25-,30-27-. The minimum atomic E-state index is -0.779. The van der Waals surface area contributed by atoms with Gasteiger partial charge in [0.2, 0.25) is 0 Å². The Morgan fingerprint density at radius 1 is 0.317 bits per heavy atom. The molecule has 0 aromatic heterocycles. The number of hydrogen-bond donors (Lipinski definition) is 0. The predicted octanol–water partition coefficient (Wildman–Crippen LogP) is 18.1. The van der Waals surface area contributed by atoms with Crippen molar-refractivity contribution in [3.8, 4) is 0 Å². The van der Waals surface area contributed by atoms with Crippen molar-refractivity contribution in [3.05, 3.63) is 36.5 Å². The van der Waals surface area contributed by atoms with Crippen molar-refractivity contribution in [3.63, 3.8) is 0 Å². The summed E-state index contributed by atoms with van der Waals surface area (Å²) in [5.74, 6) is -0.886. The molecule has 0 aliphatic carbocycles. The second-order valence-corrected chi connectivity index (χ2v) is 18.5. The van der Waals surface area contributed by atoms with Gasteiger partial charge in [0.25, 0.3) is 0 Å². The van der Waals surface area contributed by atoms with Gasteiger partial charge < -0.3 is 14.2 Å². The molecular weight excluding hydrogens is 781 g/mol. The molecule has 368 valence electrons. The van der Waals surface area contributed by atoms with Crippen molar-refractivity contribution < 1.29 is 28.6 Å². The van der Waals surface area contributed by atoms with Crippen molar-refractivity contribution >= 4 is 17.9 Å². The third-order valence-corrected chi connectivity index (χ3v) is 12.1. The molecule has 0 heterocycles. The zero-order valence-corrected chi connectivity index (χ0v) is 42.1. The maximum absolute atomic E-state index is 12.8. The van der Waals surface area contributed by atoms with Crippen LogP contribution in [-0.2, 0) is 28.6 Å². The molecular formula is C57H104O6. The summed E-state index contributed by atoms with van der Waals surface area (Å²) in [6, 6.07) is 0. The Labute approximate surface area is 391 Å². The molecule has 6 nitrogen and oxygen atoms in total. The van der Waals surface area contributed by atoms with Gasteiger partial charge in [-0.25, -0.2) is 0 Å². The number of rotatable bonds is 50. The van der Waals surface area contributed by atoms with Gasteiger partial charge in [0, 0.05) is 19.3 Å². The molecule has 0 spiro atoms. The van der Waals surface area contributed by atoms with Gasteiger partial charge in [-0.3, -0.25) is 14.4 Å². The Hall–Kier alpha value is -2.37. The van der Waals surface area contributed by atoms with Crippen LogP contribution in [0.3, 0.4) is 0 Å². The van der Waals surface area contributed by atoms with E-state index in [9.17, 15) is 14.4 Å². The maximum Gasteiger partial charge on any atom is 0.306 e. The van der Waals surface area contributed by atoms with Gasteiger partial charge in [-0.1, -0.05) is 231 Å². The SMILES string of the molecule is CCCCC/C=C\C/C=C\CCCCCCCC(=O)OCC(COC(=O)CCCCCCCCCCCCCCCCC)OC(=O)CCCCCCC/C=C\CCCCCCCC. The van der Waals surface area contributed by atoms with Crippen molar-refractivity contribution in [1.82, 2.24) is 0 Å². The molecule has 0 saturated heterocycles. The molecule has 0 aliphatic heterocycles. The molecule has 0 saturated carbocycles. The third kappa shape index (κ3) is 50.5. The largest absolute Gasteiger partial charge is 0.462 e. The van der Waals surface area contributed by atoms with Crippen LogP contribution in [0.25, 0.3) is 0 Å². The Morgan fingerprint density at radius 3 is 0.921 bits per heavy atom. The lowest BCUT2D eigenvalue weighted by atomic mass is 10.0. The fourth-order valence-corrected chi connectivity index (χ4v) is 7.94. The Kier molecular flexibility index (Phi) is 50.3. The molecule has 63 heavy (non-hydrogen) atoms. The van der Waals surface area contributed by atoms with Gasteiger partial charge in [-0.05, 0) is 77.0 Å². The van der Waals surface area contributed by atoms with E-state index in [4.69, 9.17) is 14.2 Å². The second kappa shape index (κ2) is 52.3. The number of carbonyl (C=O) groups is 3. The number of carbonyl (C=O) groups excluding carboxylic acids is 3. The Bertz CT molecular complexity index is 1060. The average Bonchev–Trinajstić information content (AvgIpc) is 3.28. The highest BCUT2D eigenvalue weighted by molar-refractivity contribution is 5.71. The topological polar surface area (TPSA) is 78.9 Å². The molecule has 0 radical (unpaired) electrons. The van der Waals surface area contributed by atoms with Gasteiger partial charge in [-0.15, -0.1) is 0 Å². The highest BCUT2D eigenvalue weighted by Crippen LogP contribution is 2.16. The van der Waals surface area contributed by atoms with E-state index in [-0.39, 0.29) is 31.1 Å². The first-order chi connectivity index (χ1) is 31.0. The predicted molar refractivity (Wildman–Crippen MR) is 270 cm³/mol. The van der Waals surface area contributed by atoms with Crippen LogP contribution in [0.15, 0.2) is 36.5 Å². The van der Waals surface area contributed by atoms with Crippen LogP contribution in [-0.4, -0.2) is 37.2 Å². The molecule has 1 unspecified atom stereocenters. The van der Waals surface area contributed by atoms with Gasteiger partial charge in [0.05, 0.1) is 0 Å². The van der Waals surface area contributed by atoms with Crippen molar-refractivity contribution in [2.75, 3.05) is 13.2 Å². The monoisotopic (exact) mass is 885 g/mol. The van der Waals surface area contributed by atoms with Crippen molar-refractivity contribution in [1.29, 1.82) is 0 Å². The minimum Gasteiger partial charge on any atom is -0.462 e. The fraction of sp³-hybridized carbons (Fsp3) is 0.842. The smallest absolute Gasteiger partial charge is 0.306 e. The van der Waals surface area contributed by atoms with E-state index >= 15 is 0 Å². The van der Waals surface area contributed by atoms with E-state index in [1.165, 1.54) is 167 Å². The first kappa shape index (κ1) is 60.6. The third-order valence-electron chi connectivity index (χ3n) is 12.1. The molecule has 0 rings (SSSR count). The Balaban J connectivity index is 4.38. The number of esters is 3. The summed E-state index contributed by atoms with van der Waals surface area (Å²) in [6.45, 7) is 6.62. The quantitative estimate of drug-likeness (QED) is 0.0262. The number of allylic oxidation sites excluding steroid dienone is 6. The van der Waals surface area contributed by atoms with Crippen molar-refractivity contribution in [2.45, 2.75) is 297 Å². The molecule has 0 aromatic rings. The summed E-state index contributed by atoms with van der Waals surface area (Å²) >= 11 is 0. The van der Waals surface area contributed by atoms with Crippen LogP contribution in [0.5, 0.6) is 0 Å². The summed E-state index contributed by atoms with van der Waals surface area (Å²) in [5.41, 5.74) is 0. The van der Waals surface area contributed by atoms with Crippen molar-refractivity contribution in [2.24, 2.45) is 0 Å². The first-order valence-corrected chi connectivity index (χ1v) is 27.5. The van der Waals surface area contributed by atoms with E-state index in [0.717, 1.165) is 83.5 Å². The van der Waals surface area contributed by atoms with Crippen LogP contribution >= 0.6 is 0 Å². The van der Waals surface area contributed by atoms with E-state index in [2.05, 4.69) is 57.2 Å². The highest BCUT2D eigenvalue weighted by Gasteiger charge is 2.19. The Morgan fingerprint density at radius 2 is 0.571 bits per heavy atom. The van der Waals surface area contributed by atoms with Gasteiger partial charge in [0.15, 0.2) is 6.10 Å². The van der Waals surface area contributed by atoms with Crippen LogP contribution in [0, 0.1) is 0 Å². The van der Waals surface area contributed by atoms with Crippen LogP contribution < -0.4 is 0 Å². The minimum absolute atomic E-state index is 0.0767. The van der Waals surface area contributed by atoms with Gasteiger partial charge in [0.1, 0.15) is 13.2 Å².